The van der Waals surface area contributed by atoms with E-state index in [-0.39, 0.29) is 12.5 Å². The molecule has 1 unspecified atom stereocenters. The van der Waals surface area contributed by atoms with Gasteiger partial charge in [0, 0.05) is 11.9 Å². The molecule has 0 fully saturated rings. The van der Waals surface area contributed by atoms with Gasteiger partial charge in [0.05, 0.1) is 4.88 Å². The molecule has 1 heterocycles. The van der Waals surface area contributed by atoms with Crippen molar-refractivity contribution in [3.8, 4) is 0 Å². The lowest BCUT2D eigenvalue weighted by Gasteiger charge is -2.16. The topological polar surface area (TPSA) is 57.6 Å². The summed E-state index contributed by atoms with van der Waals surface area (Å²) in [5.74, 6) is -0.503. The minimum atomic E-state index is -0.985. The molecular formula is C13H17NO3S. The van der Waals surface area contributed by atoms with Crippen LogP contribution in [0.4, 0.5) is 0 Å². The molecule has 98 valence electrons. The lowest BCUT2D eigenvalue weighted by atomic mass is 9.90. The first-order chi connectivity index (χ1) is 8.47. The van der Waals surface area contributed by atoms with Crippen LogP contribution in [0.5, 0.6) is 0 Å². The van der Waals surface area contributed by atoms with Crippen LogP contribution in [0.3, 0.4) is 0 Å². The number of carboxylic acid groups (broad SMARTS) is 1. The molecule has 5 heteroatoms. The number of carbonyl (C=O) groups excluding carboxylic acids is 1. The standard InChI is InChI=1S/C13H17NO3S/c1-8-3-4-10-9(5-8)6-11(18-10)13(17)14(2)7-12(15)16/h6,8H,3-5,7H2,1-2H3,(H,15,16). The summed E-state index contributed by atoms with van der Waals surface area (Å²) in [6, 6.07) is 1.94. The molecule has 1 atom stereocenters. The molecule has 1 aliphatic rings. The summed E-state index contributed by atoms with van der Waals surface area (Å²) in [6.07, 6.45) is 3.24. The summed E-state index contributed by atoms with van der Waals surface area (Å²) in [7, 11) is 1.53. The van der Waals surface area contributed by atoms with Crippen molar-refractivity contribution in [3.63, 3.8) is 0 Å². The van der Waals surface area contributed by atoms with E-state index in [1.54, 1.807) is 0 Å². The van der Waals surface area contributed by atoms with Crippen molar-refractivity contribution < 1.29 is 14.7 Å². The maximum Gasteiger partial charge on any atom is 0.323 e. The molecule has 0 aliphatic heterocycles. The first-order valence-corrected chi connectivity index (χ1v) is 6.88. The minimum Gasteiger partial charge on any atom is -0.480 e. The van der Waals surface area contributed by atoms with Crippen LogP contribution in [0.15, 0.2) is 6.07 Å². The smallest absolute Gasteiger partial charge is 0.323 e. The van der Waals surface area contributed by atoms with E-state index in [9.17, 15) is 9.59 Å². The highest BCUT2D eigenvalue weighted by Crippen LogP contribution is 2.32. The predicted octanol–water partition coefficient (Wildman–Crippen LogP) is 2.03. The highest BCUT2D eigenvalue weighted by atomic mass is 32.1. The predicted molar refractivity (Wildman–Crippen MR) is 70.1 cm³/mol. The fourth-order valence-electron chi connectivity index (χ4n) is 2.27. The van der Waals surface area contributed by atoms with E-state index in [1.165, 1.54) is 40.1 Å². The number of hydrogen-bond donors (Lipinski definition) is 1. The van der Waals surface area contributed by atoms with Gasteiger partial charge in [0.25, 0.3) is 5.91 Å². The molecule has 4 nitrogen and oxygen atoms in total. The fraction of sp³-hybridized carbons (Fsp3) is 0.538. The second kappa shape index (κ2) is 5.10. The molecule has 0 spiro atoms. The molecule has 0 saturated heterocycles. The number of carboxylic acids is 1. The Bertz CT molecular complexity index is 481. The highest BCUT2D eigenvalue weighted by molar-refractivity contribution is 7.14. The summed E-state index contributed by atoms with van der Waals surface area (Å²) in [6.45, 7) is 1.97. The van der Waals surface area contributed by atoms with Crippen molar-refractivity contribution in [2.75, 3.05) is 13.6 Å². The van der Waals surface area contributed by atoms with E-state index in [2.05, 4.69) is 6.92 Å². The molecule has 0 bridgehead atoms. The van der Waals surface area contributed by atoms with Gasteiger partial charge in [-0.1, -0.05) is 6.92 Å². The van der Waals surface area contributed by atoms with Gasteiger partial charge in [-0.25, -0.2) is 0 Å². The molecule has 0 radical (unpaired) electrons. The molecule has 0 aromatic carbocycles. The van der Waals surface area contributed by atoms with Gasteiger partial charge in [-0.05, 0) is 36.8 Å². The van der Waals surface area contributed by atoms with Crippen LogP contribution in [-0.4, -0.2) is 35.5 Å². The number of aliphatic carboxylic acids is 1. The van der Waals surface area contributed by atoms with Crippen LogP contribution >= 0.6 is 11.3 Å². The van der Waals surface area contributed by atoms with E-state index >= 15 is 0 Å². The van der Waals surface area contributed by atoms with E-state index in [0.717, 1.165) is 12.8 Å². The van der Waals surface area contributed by atoms with Gasteiger partial charge < -0.3 is 10.0 Å². The van der Waals surface area contributed by atoms with Crippen molar-refractivity contribution in [1.29, 1.82) is 0 Å². The van der Waals surface area contributed by atoms with Crippen molar-refractivity contribution in [1.82, 2.24) is 4.90 Å². The number of nitrogens with zero attached hydrogens (tertiary/aromatic N) is 1. The Hall–Kier alpha value is -1.36. The van der Waals surface area contributed by atoms with Crippen molar-refractivity contribution in [3.05, 3.63) is 21.4 Å². The van der Waals surface area contributed by atoms with Gasteiger partial charge in [0.2, 0.25) is 0 Å². The number of hydrogen-bond acceptors (Lipinski definition) is 3. The van der Waals surface area contributed by atoms with Crippen molar-refractivity contribution >= 4 is 23.2 Å². The summed E-state index contributed by atoms with van der Waals surface area (Å²) in [5.41, 5.74) is 1.27. The quantitative estimate of drug-likeness (QED) is 0.911. The van der Waals surface area contributed by atoms with Crippen molar-refractivity contribution in [2.24, 2.45) is 5.92 Å². The Morgan fingerprint density at radius 3 is 2.94 bits per heavy atom. The summed E-state index contributed by atoms with van der Waals surface area (Å²) >= 11 is 1.52. The summed E-state index contributed by atoms with van der Waals surface area (Å²) in [5, 5.41) is 8.69. The fourth-order valence-corrected chi connectivity index (χ4v) is 3.48. The van der Waals surface area contributed by atoms with Crippen LogP contribution in [0, 0.1) is 5.92 Å². The highest BCUT2D eigenvalue weighted by Gasteiger charge is 2.22. The van der Waals surface area contributed by atoms with Crippen molar-refractivity contribution in [2.45, 2.75) is 26.2 Å². The van der Waals surface area contributed by atoms with Gasteiger partial charge in [0.1, 0.15) is 6.54 Å². The lowest BCUT2D eigenvalue weighted by Crippen LogP contribution is -2.31. The second-order valence-corrected chi connectivity index (χ2v) is 6.10. The van der Waals surface area contributed by atoms with Crippen LogP contribution in [0.1, 0.15) is 33.5 Å². The molecule has 18 heavy (non-hydrogen) atoms. The molecule has 1 aliphatic carbocycles. The third-order valence-corrected chi connectivity index (χ3v) is 4.48. The second-order valence-electron chi connectivity index (χ2n) is 4.96. The maximum atomic E-state index is 12.1. The summed E-state index contributed by atoms with van der Waals surface area (Å²) in [4.78, 5) is 25.9. The van der Waals surface area contributed by atoms with Gasteiger partial charge in [-0.15, -0.1) is 11.3 Å². The Morgan fingerprint density at radius 2 is 2.28 bits per heavy atom. The SMILES string of the molecule is CC1CCc2sc(C(=O)N(C)CC(=O)O)cc2C1. The van der Waals surface area contributed by atoms with Gasteiger partial charge in [0.15, 0.2) is 0 Å². The Morgan fingerprint density at radius 1 is 1.56 bits per heavy atom. The van der Waals surface area contributed by atoms with E-state index in [0.29, 0.717) is 10.8 Å². The number of aryl methyl sites for hydroxylation is 1. The maximum absolute atomic E-state index is 12.1. The van der Waals surface area contributed by atoms with Crippen LogP contribution in [0.2, 0.25) is 0 Å². The van der Waals surface area contributed by atoms with E-state index in [4.69, 9.17) is 5.11 Å². The molecule has 2 rings (SSSR count). The number of likely N-dealkylation sites (N-methyl/N-ethyl adjacent to an activating group) is 1. The average Bonchev–Trinajstić information content (AvgIpc) is 2.69. The Labute approximate surface area is 110 Å². The molecular weight excluding hydrogens is 250 g/mol. The first kappa shape index (κ1) is 13.1. The zero-order chi connectivity index (χ0) is 13.3. The molecule has 1 aromatic rings. The summed E-state index contributed by atoms with van der Waals surface area (Å²) < 4.78 is 0. The third-order valence-electron chi connectivity index (χ3n) is 3.26. The molecule has 1 N–H and O–H groups in total. The number of thiophene rings is 1. The molecule has 1 aromatic heterocycles. The van der Waals surface area contributed by atoms with Gasteiger partial charge in [-0.3, -0.25) is 9.59 Å². The Kier molecular flexibility index (Phi) is 3.71. The molecule has 0 saturated carbocycles. The zero-order valence-electron chi connectivity index (χ0n) is 10.6. The monoisotopic (exact) mass is 267 g/mol. The number of fused-ring (bicyclic) bond motifs is 1. The number of amides is 1. The van der Waals surface area contributed by atoms with E-state index in [1.807, 2.05) is 6.07 Å². The van der Waals surface area contributed by atoms with Crippen LogP contribution in [0.25, 0.3) is 0 Å². The third kappa shape index (κ3) is 2.72. The zero-order valence-corrected chi connectivity index (χ0v) is 11.4. The number of carbonyl (C=O) groups is 2. The number of rotatable bonds is 3. The first-order valence-electron chi connectivity index (χ1n) is 6.06. The lowest BCUT2D eigenvalue weighted by molar-refractivity contribution is -0.137. The average molecular weight is 267 g/mol. The minimum absolute atomic E-state index is 0.190. The van der Waals surface area contributed by atoms with Gasteiger partial charge >= 0.3 is 5.97 Å². The normalized spacial score (nSPS) is 18.2. The Balaban J connectivity index is 2.14. The van der Waals surface area contributed by atoms with E-state index < -0.39 is 5.97 Å². The van der Waals surface area contributed by atoms with Crippen LogP contribution < -0.4 is 0 Å². The molecule has 1 amide bonds. The largest absolute Gasteiger partial charge is 0.480 e. The van der Waals surface area contributed by atoms with Crippen LogP contribution in [-0.2, 0) is 17.6 Å². The van der Waals surface area contributed by atoms with Gasteiger partial charge in [-0.2, -0.15) is 0 Å².